The van der Waals surface area contributed by atoms with Crippen LogP contribution in [-0.4, -0.2) is 111 Å². The Bertz CT molecular complexity index is 1050. The van der Waals surface area contributed by atoms with E-state index in [-0.39, 0.29) is 18.9 Å². The van der Waals surface area contributed by atoms with Crippen LogP contribution in [0.2, 0.25) is 0 Å². The Hall–Kier alpha value is -5.01. The molecular weight excluding hydrogens is 568 g/mol. The van der Waals surface area contributed by atoms with Crippen molar-refractivity contribution in [1.29, 1.82) is 0 Å². The Kier molecular flexibility index (Phi) is 16.9. The molecule has 4 amide bonds. The smallest absolute Gasteiger partial charge is 0.326 e. The minimum Gasteiger partial charge on any atom is -0.481 e. The Morgan fingerprint density at radius 2 is 1.19 bits per heavy atom. The van der Waals surface area contributed by atoms with Crippen molar-refractivity contribution in [2.45, 2.75) is 69.1 Å². The van der Waals surface area contributed by atoms with Crippen molar-refractivity contribution < 1.29 is 58.8 Å². The van der Waals surface area contributed by atoms with E-state index in [1.807, 2.05) is 5.32 Å². The molecule has 0 saturated carbocycles. The summed E-state index contributed by atoms with van der Waals surface area (Å²) in [4.78, 5) is 98.1. The zero-order chi connectivity index (χ0) is 32.4. The summed E-state index contributed by atoms with van der Waals surface area (Å²) in [5.74, 6) is -10.2. The predicted molar refractivity (Wildman–Crippen MR) is 140 cm³/mol. The molecule has 0 radical (unpaired) electrons. The van der Waals surface area contributed by atoms with Crippen LogP contribution in [0, 0.1) is 0 Å². The molecule has 20 nitrogen and oxygen atoms in total. The van der Waals surface area contributed by atoms with Gasteiger partial charge in [0.2, 0.25) is 23.6 Å². The van der Waals surface area contributed by atoms with Crippen LogP contribution in [0.1, 0.15) is 44.9 Å². The molecule has 42 heavy (non-hydrogen) atoms. The highest BCUT2D eigenvalue weighted by molar-refractivity contribution is 5.96. The van der Waals surface area contributed by atoms with E-state index in [1.165, 1.54) is 0 Å². The van der Waals surface area contributed by atoms with Crippen molar-refractivity contribution in [2.75, 3.05) is 13.1 Å². The summed E-state index contributed by atoms with van der Waals surface area (Å²) < 4.78 is 0. The molecule has 20 heteroatoms. The number of hydrogen-bond donors (Lipinski definition) is 11. The van der Waals surface area contributed by atoms with Gasteiger partial charge in [-0.25, -0.2) is 4.79 Å². The van der Waals surface area contributed by atoms with Gasteiger partial charge in [0.15, 0.2) is 5.96 Å². The number of carboxylic acid groups (broad SMARTS) is 4. The van der Waals surface area contributed by atoms with Crippen LogP contribution in [0.4, 0.5) is 0 Å². The van der Waals surface area contributed by atoms with E-state index in [1.54, 1.807) is 0 Å². The normalized spacial score (nSPS) is 13.3. The van der Waals surface area contributed by atoms with Crippen LogP contribution in [0.15, 0.2) is 4.99 Å². The summed E-state index contributed by atoms with van der Waals surface area (Å²) in [6.45, 7) is -0.503. The molecule has 0 aromatic carbocycles. The van der Waals surface area contributed by atoms with Crippen molar-refractivity contribution in [3.05, 3.63) is 0 Å². The number of guanidine groups is 1. The number of carbonyl (C=O) groups is 8. The largest absolute Gasteiger partial charge is 0.481 e. The number of nitrogens with one attached hydrogen (secondary N) is 4. The zero-order valence-corrected chi connectivity index (χ0v) is 22.4. The maximum Gasteiger partial charge on any atom is 0.326 e. The first kappa shape index (κ1) is 37.0. The third kappa shape index (κ3) is 16.8. The minimum absolute atomic E-state index is 0.140. The molecule has 0 bridgehead atoms. The number of amides is 4. The summed E-state index contributed by atoms with van der Waals surface area (Å²) in [6, 6.07) is -6.25. The fraction of sp³-hybridized carbons (Fsp3) is 0.591. The van der Waals surface area contributed by atoms with Crippen molar-refractivity contribution >= 4 is 53.5 Å². The molecule has 0 aliphatic carbocycles. The van der Waals surface area contributed by atoms with Gasteiger partial charge in [-0.05, 0) is 25.7 Å². The van der Waals surface area contributed by atoms with Gasteiger partial charge in [-0.1, -0.05) is 0 Å². The number of carbonyl (C=O) groups excluding carboxylic acids is 4. The van der Waals surface area contributed by atoms with Crippen LogP contribution in [-0.2, 0) is 38.4 Å². The molecule has 0 saturated heterocycles. The van der Waals surface area contributed by atoms with Crippen LogP contribution >= 0.6 is 0 Å². The van der Waals surface area contributed by atoms with Gasteiger partial charge in [0.05, 0.1) is 19.0 Å². The first-order valence-electron chi connectivity index (χ1n) is 12.4. The van der Waals surface area contributed by atoms with Gasteiger partial charge >= 0.3 is 23.9 Å². The first-order chi connectivity index (χ1) is 19.5. The van der Waals surface area contributed by atoms with Crippen LogP contribution < -0.4 is 38.5 Å². The van der Waals surface area contributed by atoms with Crippen LogP contribution in [0.25, 0.3) is 0 Å². The third-order valence-corrected chi connectivity index (χ3v) is 5.30. The number of aliphatic imine (C=N–C) groups is 1. The van der Waals surface area contributed by atoms with E-state index in [0.29, 0.717) is 6.42 Å². The van der Waals surface area contributed by atoms with Crippen molar-refractivity contribution in [3.8, 4) is 0 Å². The number of aliphatic carboxylic acids is 4. The van der Waals surface area contributed by atoms with Gasteiger partial charge in [0.1, 0.15) is 18.1 Å². The monoisotopic (exact) mass is 604 g/mol. The number of rotatable bonds is 21. The van der Waals surface area contributed by atoms with Crippen LogP contribution in [0.3, 0.4) is 0 Å². The van der Waals surface area contributed by atoms with E-state index in [9.17, 15) is 43.5 Å². The Morgan fingerprint density at radius 3 is 1.69 bits per heavy atom. The van der Waals surface area contributed by atoms with Gasteiger partial charge in [-0.2, -0.15) is 0 Å². The molecule has 0 spiro atoms. The quantitative estimate of drug-likeness (QED) is 0.0332. The molecule has 0 aromatic heterocycles. The molecule has 0 rings (SSSR count). The van der Waals surface area contributed by atoms with Gasteiger partial charge in [-0.3, -0.25) is 38.6 Å². The second-order valence-corrected chi connectivity index (χ2v) is 8.82. The number of nitrogens with zero attached hydrogens (tertiary/aromatic N) is 1. The lowest BCUT2D eigenvalue weighted by atomic mass is 10.1. The van der Waals surface area contributed by atoms with E-state index in [4.69, 9.17) is 32.5 Å². The SMILES string of the molecule is NC(N)=NCCC[C@H](N)C(=O)NCC(=O)N[C@@H](CC(=O)O)C(=O)N[C@@H](CCC(=O)O)C(=O)N[C@@H](CCC(=O)O)C(=O)O. The van der Waals surface area contributed by atoms with Gasteiger partial charge < -0.3 is 58.9 Å². The topological polar surface area (TPSA) is 356 Å². The zero-order valence-electron chi connectivity index (χ0n) is 22.4. The summed E-state index contributed by atoms with van der Waals surface area (Å²) in [5, 5.41) is 44.5. The van der Waals surface area contributed by atoms with Crippen molar-refractivity contribution in [2.24, 2.45) is 22.2 Å². The average molecular weight is 605 g/mol. The lowest BCUT2D eigenvalue weighted by Crippen LogP contribution is -2.57. The fourth-order valence-corrected chi connectivity index (χ4v) is 3.18. The summed E-state index contributed by atoms with van der Waals surface area (Å²) in [6.07, 6.45) is -2.88. The summed E-state index contributed by atoms with van der Waals surface area (Å²) in [7, 11) is 0. The molecule has 236 valence electrons. The number of nitrogens with two attached hydrogens (primary N) is 3. The predicted octanol–water partition coefficient (Wildman–Crippen LogP) is -4.77. The second-order valence-electron chi connectivity index (χ2n) is 8.82. The van der Waals surface area contributed by atoms with Crippen molar-refractivity contribution in [3.63, 3.8) is 0 Å². The highest BCUT2D eigenvalue weighted by Gasteiger charge is 2.31. The average Bonchev–Trinajstić information content (AvgIpc) is 2.88. The van der Waals surface area contributed by atoms with Gasteiger partial charge in [0, 0.05) is 19.4 Å². The molecule has 0 unspecified atom stereocenters. The molecule has 14 N–H and O–H groups in total. The maximum atomic E-state index is 12.8. The standard InChI is InChI=1S/C22H36N8O12/c23-10(2-1-7-26-22(24)25)18(38)27-9-14(31)28-13(8-17(36)37)20(40)29-11(3-5-15(32)33)19(39)30-12(21(41)42)4-6-16(34)35/h10-13H,1-9,23H2,(H,27,38)(H,28,31)(H,29,40)(H,30,39)(H,32,33)(H,34,35)(H,36,37)(H,41,42)(H4,24,25,26)/t10-,11-,12-,13-/m0/s1. The number of hydrogen-bond acceptors (Lipinski definition) is 10. The van der Waals surface area contributed by atoms with Gasteiger partial charge in [0.25, 0.3) is 0 Å². The third-order valence-electron chi connectivity index (χ3n) is 5.30. The Morgan fingerprint density at radius 1 is 0.667 bits per heavy atom. The first-order valence-corrected chi connectivity index (χ1v) is 12.4. The Balaban J connectivity index is 5.38. The Labute approximate surface area is 238 Å². The highest BCUT2D eigenvalue weighted by atomic mass is 16.4. The van der Waals surface area contributed by atoms with E-state index in [2.05, 4.69) is 20.9 Å². The van der Waals surface area contributed by atoms with Crippen LogP contribution in [0.5, 0.6) is 0 Å². The molecule has 0 aromatic rings. The molecule has 0 fully saturated rings. The van der Waals surface area contributed by atoms with Gasteiger partial charge in [-0.15, -0.1) is 0 Å². The van der Waals surface area contributed by atoms with E-state index < -0.39 is 110 Å². The maximum absolute atomic E-state index is 12.8. The highest BCUT2D eigenvalue weighted by Crippen LogP contribution is 2.05. The summed E-state index contributed by atoms with van der Waals surface area (Å²) in [5.41, 5.74) is 16.1. The molecule has 4 atom stereocenters. The lowest BCUT2D eigenvalue weighted by molar-refractivity contribution is -0.144. The fourth-order valence-electron chi connectivity index (χ4n) is 3.18. The molecule has 0 aliphatic rings. The molecular formula is C22H36N8O12. The number of carboxylic acids is 4. The minimum atomic E-state index is -1.80. The molecule has 0 aliphatic heterocycles. The lowest BCUT2D eigenvalue weighted by Gasteiger charge is -2.23. The van der Waals surface area contributed by atoms with Crippen molar-refractivity contribution in [1.82, 2.24) is 21.3 Å². The second kappa shape index (κ2) is 19.1. The van der Waals surface area contributed by atoms with E-state index in [0.717, 1.165) is 0 Å². The molecule has 0 heterocycles. The summed E-state index contributed by atoms with van der Waals surface area (Å²) >= 11 is 0. The van der Waals surface area contributed by atoms with E-state index >= 15 is 0 Å².